The number of carbonyl (C=O) groups is 1. The van der Waals surface area contributed by atoms with Gasteiger partial charge in [0.2, 0.25) is 0 Å². The molecule has 3 rings (SSSR count). The van der Waals surface area contributed by atoms with Gasteiger partial charge in [-0.2, -0.15) is 5.10 Å². The standard InChI is InChI=1S/C15H14N4O2/c1-16-14(20)12-6-3-7-19(15(12)21)9-11-5-2-4-10-8-17-18-13(10)11/h2-8H,9H2,1H3,(H,16,20)(H,17,18). The van der Waals surface area contributed by atoms with Crippen molar-refractivity contribution in [2.24, 2.45) is 0 Å². The Bertz CT molecular complexity index is 863. The number of nitrogens with zero attached hydrogens (tertiary/aromatic N) is 2. The SMILES string of the molecule is CNC(=O)c1cccn(Cc2cccc3cn[nH]c23)c1=O. The molecule has 0 aliphatic carbocycles. The van der Waals surface area contributed by atoms with Gasteiger partial charge in [0.1, 0.15) is 5.56 Å². The summed E-state index contributed by atoms with van der Waals surface area (Å²) in [6.07, 6.45) is 3.41. The van der Waals surface area contributed by atoms with E-state index in [-0.39, 0.29) is 17.0 Å². The first-order valence-corrected chi connectivity index (χ1v) is 6.53. The minimum atomic E-state index is -0.380. The van der Waals surface area contributed by atoms with Crippen molar-refractivity contribution in [3.05, 3.63) is 64.2 Å². The zero-order valence-electron chi connectivity index (χ0n) is 11.5. The van der Waals surface area contributed by atoms with Gasteiger partial charge in [0.15, 0.2) is 0 Å². The molecule has 0 unspecified atom stereocenters. The van der Waals surface area contributed by atoms with Crippen molar-refractivity contribution in [1.29, 1.82) is 0 Å². The fourth-order valence-corrected chi connectivity index (χ4v) is 2.31. The number of H-pyrrole nitrogens is 1. The molecule has 2 heterocycles. The Balaban J connectivity index is 2.04. The first kappa shape index (κ1) is 13.1. The lowest BCUT2D eigenvalue weighted by Gasteiger charge is -2.08. The van der Waals surface area contributed by atoms with Crippen molar-refractivity contribution in [2.45, 2.75) is 6.54 Å². The van der Waals surface area contributed by atoms with Gasteiger partial charge >= 0.3 is 0 Å². The van der Waals surface area contributed by atoms with E-state index in [0.29, 0.717) is 6.54 Å². The molecule has 0 saturated heterocycles. The topological polar surface area (TPSA) is 79.8 Å². The average Bonchev–Trinajstić information content (AvgIpc) is 2.98. The molecule has 0 spiro atoms. The highest BCUT2D eigenvalue weighted by atomic mass is 16.2. The Morgan fingerprint density at radius 1 is 1.33 bits per heavy atom. The molecule has 6 heteroatoms. The predicted molar refractivity (Wildman–Crippen MR) is 79.3 cm³/mol. The zero-order chi connectivity index (χ0) is 14.8. The van der Waals surface area contributed by atoms with Crippen LogP contribution in [-0.2, 0) is 6.54 Å². The van der Waals surface area contributed by atoms with Crippen molar-refractivity contribution >= 4 is 16.8 Å². The second kappa shape index (κ2) is 5.24. The quantitative estimate of drug-likeness (QED) is 0.756. The Kier molecular flexibility index (Phi) is 3.27. The number of hydrogen-bond acceptors (Lipinski definition) is 3. The largest absolute Gasteiger partial charge is 0.355 e. The van der Waals surface area contributed by atoms with Crippen LogP contribution in [0.1, 0.15) is 15.9 Å². The summed E-state index contributed by atoms with van der Waals surface area (Å²) < 4.78 is 1.51. The average molecular weight is 282 g/mol. The van der Waals surface area contributed by atoms with E-state index in [0.717, 1.165) is 16.5 Å². The normalized spacial score (nSPS) is 10.7. The number of fused-ring (bicyclic) bond motifs is 1. The van der Waals surface area contributed by atoms with Crippen LogP contribution in [0.3, 0.4) is 0 Å². The minimum absolute atomic E-state index is 0.136. The number of amides is 1. The van der Waals surface area contributed by atoms with Gasteiger partial charge in [0.25, 0.3) is 11.5 Å². The van der Waals surface area contributed by atoms with Gasteiger partial charge in [-0.25, -0.2) is 0 Å². The first-order valence-electron chi connectivity index (χ1n) is 6.53. The summed E-state index contributed by atoms with van der Waals surface area (Å²) in [5, 5.41) is 10.4. The number of para-hydroxylation sites is 1. The Morgan fingerprint density at radius 2 is 2.19 bits per heavy atom. The molecular weight excluding hydrogens is 268 g/mol. The van der Waals surface area contributed by atoms with Crippen molar-refractivity contribution in [1.82, 2.24) is 20.1 Å². The van der Waals surface area contributed by atoms with Gasteiger partial charge in [-0.15, -0.1) is 0 Å². The molecule has 1 amide bonds. The number of carbonyl (C=O) groups excluding carboxylic acids is 1. The van der Waals surface area contributed by atoms with Crippen LogP contribution in [0.2, 0.25) is 0 Å². The van der Waals surface area contributed by atoms with E-state index in [9.17, 15) is 9.59 Å². The lowest BCUT2D eigenvalue weighted by molar-refractivity contribution is 0.0961. The molecule has 3 aromatic rings. The summed E-state index contributed by atoms with van der Waals surface area (Å²) in [4.78, 5) is 24.0. The molecule has 0 atom stereocenters. The highest BCUT2D eigenvalue weighted by molar-refractivity contribution is 5.93. The fourth-order valence-electron chi connectivity index (χ4n) is 2.31. The van der Waals surface area contributed by atoms with E-state index in [4.69, 9.17) is 0 Å². The molecule has 6 nitrogen and oxygen atoms in total. The lowest BCUT2D eigenvalue weighted by atomic mass is 10.1. The van der Waals surface area contributed by atoms with Gasteiger partial charge in [0.05, 0.1) is 18.3 Å². The summed E-state index contributed by atoms with van der Waals surface area (Å²) in [5.41, 5.74) is 1.67. The molecular formula is C15H14N4O2. The molecule has 1 aromatic carbocycles. The second-order valence-corrected chi connectivity index (χ2v) is 4.69. The second-order valence-electron chi connectivity index (χ2n) is 4.69. The summed E-state index contributed by atoms with van der Waals surface area (Å²) in [6, 6.07) is 9.01. The molecule has 0 saturated carbocycles. The third-order valence-electron chi connectivity index (χ3n) is 3.40. The monoisotopic (exact) mass is 282 g/mol. The maximum absolute atomic E-state index is 12.3. The van der Waals surface area contributed by atoms with E-state index >= 15 is 0 Å². The third kappa shape index (κ3) is 2.31. The Labute approximate surface area is 120 Å². The number of rotatable bonds is 3. The maximum Gasteiger partial charge on any atom is 0.263 e. The lowest BCUT2D eigenvalue weighted by Crippen LogP contribution is -2.31. The smallest absolute Gasteiger partial charge is 0.263 e. The Hall–Kier alpha value is -2.89. The first-order chi connectivity index (χ1) is 10.2. The molecule has 2 aromatic heterocycles. The summed E-state index contributed by atoms with van der Waals surface area (Å²) in [7, 11) is 1.50. The van der Waals surface area contributed by atoms with Crippen molar-refractivity contribution in [2.75, 3.05) is 7.05 Å². The predicted octanol–water partition coefficient (Wildman–Crippen LogP) is 1.13. The summed E-state index contributed by atoms with van der Waals surface area (Å²) >= 11 is 0. The van der Waals surface area contributed by atoms with E-state index in [2.05, 4.69) is 15.5 Å². The fraction of sp³-hybridized carbons (Fsp3) is 0.133. The van der Waals surface area contributed by atoms with Crippen molar-refractivity contribution < 1.29 is 4.79 Å². The third-order valence-corrected chi connectivity index (χ3v) is 3.40. The van der Waals surface area contributed by atoms with Gasteiger partial charge < -0.3 is 9.88 Å². The number of nitrogens with one attached hydrogen (secondary N) is 2. The number of benzene rings is 1. The number of pyridine rings is 1. The molecule has 21 heavy (non-hydrogen) atoms. The summed E-state index contributed by atoms with van der Waals surface area (Å²) in [5.74, 6) is -0.380. The van der Waals surface area contributed by atoms with Crippen molar-refractivity contribution in [3.63, 3.8) is 0 Å². The van der Waals surface area contributed by atoms with E-state index in [1.807, 2.05) is 18.2 Å². The van der Waals surface area contributed by atoms with E-state index < -0.39 is 0 Å². The van der Waals surface area contributed by atoms with Gasteiger partial charge in [-0.3, -0.25) is 14.7 Å². The molecule has 0 aliphatic rings. The Morgan fingerprint density at radius 3 is 3.00 bits per heavy atom. The van der Waals surface area contributed by atoms with Gasteiger partial charge in [-0.1, -0.05) is 18.2 Å². The maximum atomic E-state index is 12.3. The molecule has 2 N–H and O–H groups in total. The number of hydrogen-bond donors (Lipinski definition) is 2. The molecule has 0 bridgehead atoms. The van der Waals surface area contributed by atoms with Crippen LogP contribution in [0, 0.1) is 0 Å². The number of aromatic amines is 1. The highest BCUT2D eigenvalue weighted by Crippen LogP contribution is 2.16. The van der Waals surface area contributed by atoms with Crippen molar-refractivity contribution in [3.8, 4) is 0 Å². The van der Waals surface area contributed by atoms with Crippen LogP contribution in [0.15, 0.2) is 47.5 Å². The molecule has 106 valence electrons. The van der Waals surface area contributed by atoms with E-state index in [1.165, 1.54) is 17.7 Å². The van der Waals surface area contributed by atoms with Crippen LogP contribution in [-0.4, -0.2) is 27.7 Å². The molecule has 0 aliphatic heterocycles. The molecule has 0 fully saturated rings. The van der Waals surface area contributed by atoms with Crippen LogP contribution in [0.5, 0.6) is 0 Å². The van der Waals surface area contributed by atoms with Gasteiger partial charge in [0, 0.05) is 18.6 Å². The van der Waals surface area contributed by atoms with Crippen LogP contribution >= 0.6 is 0 Å². The van der Waals surface area contributed by atoms with Crippen LogP contribution in [0.4, 0.5) is 0 Å². The van der Waals surface area contributed by atoms with E-state index in [1.54, 1.807) is 18.5 Å². The van der Waals surface area contributed by atoms with Gasteiger partial charge in [-0.05, 0) is 17.7 Å². The van der Waals surface area contributed by atoms with Crippen LogP contribution in [0.25, 0.3) is 10.9 Å². The summed E-state index contributed by atoms with van der Waals surface area (Å²) in [6.45, 7) is 0.378. The highest BCUT2D eigenvalue weighted by Gasteiger charge is 2.11. The molecule has 0 radical (unpaired) electrons. The zero-order valence-corrected chi connectivity index (χ0v) is 11.5. The number of aromatic nitrogens is 3. The van der Waals surface area contributed by atoms with Crippen LogP contribution < -0.4 is 10.9 Å². The minimum Gasteiger partial charge on any atom is -0.355 e.